The van der Waals surface area contributed by atoms with Crippen LogP contribution in [-0.4, -0.2) is 51.5 Å². The van der Waals surface area contributed by atoms with E-state index >= 15 is 0 Å². The van der Waals surface area contributed by atoms with Gasteiger partial charge in [0.25, 0.3) is 10.0 Å². The minimum Gasteiger partial charge on any atom is -0.353 e. The van der Waals surface area contributed by atoms with Gasteiger partial charge in [-0.25, -0.2) is 13.4 Å². The Morgan fingerprint density at radius 1 is 1.10 bits per heavy atom. The number of rotatable bonds is 4. The molecule has 1 aromatic carbocycles. The van der Waals surface area contributed by atoms with Gasteiger partial charge in [-0.05, 0) is 24.6 Å². The molecule has 0 aliphatic carbocycles. The maximum atomic E-state index is 12.8. The quantitative estimate of drug-likeness (QED) is 0.576. The van der Waals surface area contributed by atoms with Crippen molar-refractivity contribution in [1.82, 2.24) is 9.88 Å². The summed E-state index contributed by atoms with van der Waals surface area (Å²) in [4.78, 5) is 9.05. The molecule has 11 heteroatoms. The molecule has 3 heterocycles. The van der Waals surface area contributed by atoms with Crippen molar-refractivity contribution >= 4 is 79.4 Å². The molecule has 1 aliphatic heterocycles. The topological polar surface area (TPSA) is 65.5 Å². The molecule has 0 atom stereocenters. The van der Waals surface area contributed by atoms with E-state index < -0.39 is 10.0 Å². The van der Waals surface area contributed by atoms with Gasteiger partial charge < -0.3 is 9.80 Å². The van der Waals surface area contributed by atoms with E-state index in [1.165, 1.54) is 6.07 Å². The Morgan fingerprint density at radius 2 is 1.79 bits per heavy atom. The normalized spacial score (nSPS) is 15.3. The van der Waals surface area contributed by atoms with Crippen LogP contribution in [-0.2, 0) is 10.0 Å². The second-order valence-corrected chi connectivity index (χ2v) is 10.6. The Balaban J connectivity index is 0.00000240. The molecule has 1 saturated heterocycles. The molecular weight excluding hydrogens is 475 g/mol. The molecule has 29 heavy (non-hydrogen) atoms. The van der Waals surface area contributed by atoms with Crippen LogP contribution in [0.4, 0.5) is 11.6 Å². The first-order valence-electron chi connectivity index (χ1n) is 8.64. The maximum Gasteiger partial charge on any atom is 0.265 e. The fourth-order valence-electron chi connectivity index (χ4n) is 3.19. The van der Waals surface area contributed by atoms with Crippen molar-refractivity contribution in [2.45, 2.75) is 4.90 Å². The summed E-state index contributed by atoms with van der Waals surface area (Å²) in [5.41, 5.74) is 0. The van der Waals surface area contributed by atoms with Gasteiger partial charge in [-0.1, -0.05) is 47.5 Å². The van der Waals surface area contributed by atoms with Gasteiger partial charge in [0.1, 0.15) is 20.9 Å². The van der Waals surface area contributed by atoms with Gasteiger partial charge in [-0.2, -0.15) is 0 Å². The van der Waals surface area contributed by atoms with Crippen molar-refractivity contribution in [3.05, 3.63) is 45.1 Å². The zero-order valence-corrected chi connectivity index (χ0v) is 19.4. The minimum absolute atomic E-state index is 0. The Labute approximate surface area is 189 Å². The summed E-state index contributed by atoms with van der Waals surface area (Å²) < 4.78 is 28.6. The number of aromatic nitrogens is 1. The molecule has 2 aromatic heterocycles. The van der Waals surface area contributed by atoms with Gasteiger partial charge in [-0.3, -0.25) is 4.72 Å². The summed E-state index contributed by atoms with van der Waals surface area (Å²) in [6.45, 7) is 3.51. The van der Waals surface area contributed by atoms with E-state index in [1.54, 1.807) is 6.07 Å². The summed E-state index contributed by atoms with van der Waals surface area (Å²) in [6.07, 6.45) is 0. The first-order chi connectivity index (χ1) is 13.3. The first-order valence-corrected chi connectivity index (χ1v) is 11.7. The standard InChI is InChI=1S/C18H18Cl2N4O2S2.ClH/c1-23-6-8-24(9-7-23)18-13-5-3-2-4-12(13)10-16(21-18)22-28(25,26)14-11-15(19)27-17(14)20;/h2-5,10-11H,6-9H2,1H3,(H,21,22);1H. The maximum absolute atomic E-state index is 12.8. The van der Waals surface area contributed by atoms with Crippen molar-refractivity contribution in [2.24, 2.45) is 0 Å². The molecule has 0 amide bonds. The van der Waals surface area contributed by atoms with Crippen LogP contribution in [0.2, 0.25) is 8.67 Å². The Hall–Kier alpha value is -1.29. The lowest BCUT2D eigenvalue weighted by atomic mass is 10.1. The van der Waals surface area contributed by atoms with Crippen LogP contribution in [0.1, 0.15) is 0 Å². The number of halogens is 3. The van der Waals surface area contributed by atoms with Gasteiger partial charge >= 0.3 is 0 Å². The number of nitrogens with one attached hydrogen (secondary N) is 1. The molecule has 1 fully saturated rings. The van der Waals surface area contributed by atoms with Crippen molar-refractivity contribution in [3.8, 4) is 0 Å². The van der Waals surface area contributed by atoms with Crippen LogP contribution in [0, 0.1) is 0 Å². The lowest BCUT2D eigenvalue weighted by Gasteiger charge is -2.34. The second-order valence-electron chi connectivity index (χ2n) is 6.64. The van der Waals surface area contributed by atoms with E-state index in [0.29, 0.717) is 4.34 Å². The second kappa shape index (κ2) is 8.83. The van der Waals surface area contributed by atoms with Gasteiger partial charge in [0.15, 0.2) is 0 Å². The van der Waals surface area contributed by atoms with Gasteiger partial charge in [0.05, 0.1) is 4.34 Å². The summed E-state index contributed by atoms with van der Waals surface area (Å²) >= 11 is 13.0. The number of thiophene rings is 1. The van der Waals surface area contributed by atoms with Crippen LogP contribution in [0.5, 0.6) is 0 Å². The minimum atomic E-state index is -3.89. The fourth-order valence-corrected chi connectivity index (χ4v) is 6.34. The van der Waals surface area contributed by atoms with Crippen molar-refractivity contribution < 1.29 is 8.42 Å². The number of pyridine rings is 1. The highest BCUT2D eigenvalue weighted by atomic mass is 35.5. The molecule has 0 bridgehead atoms. The smallest absolute Gasteiger partial charge is 0.265 e. The Bertz CT molecular complexity index is 1130. The average Bonchev–Trinajstić information content (AvgIpc) is 3.00. The zero-order chi connectivity index (χ0) is 19.9. The summed E-state index contributed by atoms with van der Waals surface area (Å²) in [5, 5.41) is 1.91. The van der Waals surface area contributed by atoms with E-state index in [0.717, 1.165) is 54.1 Å². The van der Waals surface area contributed by atoms with E-state index in [4.69, 9.17) is 23.2 Å². The van der Waals surface area contributed by atoms with Crippen LogP contribution in [0.25, 0.3) is 10.8 Å². The number of hydrogen-bond acceptors (Lipinski definition) is 6. The molecule has 156 valence electrons. The predicted octanol–water partition coefficient (Wildman–Crippen LogP) is 4.58. The fraction of sp³-hybridized carbons (Fsp3) is 0.278. The first kappa shape index (κ1) is 22.4. The van der Waals surface area contributed by atoms with E-state index in [9.17, 15) is 8.42 Å². The summed E-state index contributed by atoms with van der Waals surface area (Å²) in [6, 6.07) is 10.9. The monoisotopic (exact) mass is 492 g/mol. The number of hydrogen-bond donors (Lipinski definition) is 1. The van der Waals surface area contributed by atoms with Gasteiger partial charge in [0.2, 0.25) is 0 Å². The number of fused-ring (bicyclic) bond motifs is 1. The Morgan fingerprint density at radius 3 is 2.45 bits per heavy atom. The third kappa shape index (κ3) is 4.73. The van der Waals surface area contributed by atoms with Gasteiger partial charge in [0, 0.05) is 31.6 Å². The number of likely N-dealkylation sites (N-methyl/N-ethyl adjacent to an activating group) is 1. The van der Waals surface area contributed by atoms with E-state index in [1.807, 2.05) is 24.3 Å². The molecule has 0 unspecified atom stereocenters. The van der Waals surface area contributed by atoms with Crippen molar-refractivity contribution in [1.29, 1.82) is 0 Å². The van der Waals surface area contributed by atoms with E-state index in [2.05, 4.69) is 26.6 Å². The highest BCUT2D eigenvalue weighted by molar-refractivity contribution is 7.93. The molecule has 0 saturated carbocycles. The lowest BCUT2D eigenvalue weighted by Crippen LogP contribution is -2.45. The molecule has 1 N–H and O–H groups in total. The number of anilines is 2. The summed E-state index contributed by atoms with van der Waals surface area (Å²) in [5.74, 6) is 1.03. The molecular formula is C18H19Cl3N4O2S2. The van der Waals surface area contributed by atoms with E-state index in [-0.39, 0.29) is 27.5 Å². The molecule has 6 nitrogen and oxygen atoms in total. The number of piperazine rings is 1. The highest BCUT2D eigenvalue weighted by Gasteiger charge is 2.23. The molecule has 0 spiro atoms. The lowest BCUT2D eigenvalue weighted by molar-refractivity contribution is 0.312. The Kier molecular flexibility index (Phi) is 6.82. The molecule has 4 rings (SSSR count). The largest absolute Gasteiger partial charge is 0.353 e. The summed E-state index contributed by atoms with van der Waals surface area (Å²) in [7, 11) is -1.81. The predicted molar refractivity (Wildman–Crippen MR) is 124 cm³/mol. The van der Waals surface area contributed by atoms with Crippen LogP contribution in [0.3, 0.4) is 0 Å². The number of nitrogens with zero attached hydrogens (tertiary/aromatic N) is 3. The number of benzene rings is 1. The molecule has 3 aromatic rings. The third-order valence-corrected chi connectivity index (χ3v) is 7.78. The van der Waals surface area contributed by atoms with Crippen LogP contribution >= 0.6 is 46.9 Å². The average molecular weight is 494 g/mol. The highest BCUT2D eigenvalue weighted by Crippen LogP contribution is 2.36. The molecule has 1 aliphatic rings. The SMILES string of the molecule is CN1CCN(c2nc(NS(=O)(=O)c3cc(Cl)sc3Cl)cc3ccccc23)CC1.Cl. The van der Waals surface area contributed by atoms with Crippen molar-refractivity contribution in [3.63, 3.8) is 0 Å². The third-order valence-electron chi connectivity index (χ3n) is 4.68. The van der Waals surface area contributed by atoms with Gasteiger partial charge in [-0.15, -0.1) is 23.7 Å². The van der Waals surface area contributed by atoms with Crippen molar-refractivity contribution in [2.75, 3.05) is 42.8 Å². The number of sulfonamides is 1. The molecule has 0 radical (unpaired) electrons. The zero-order valence-electron chi connectivity index (χ0n) is 15.4. The van der Waals surface area contributed by atoms with Crippen LogP contribution in [0.15, 0.2) is 41.3 Å². The van der Waals surface area contributed by atoms with Crippen LogP contribution < -0.4 is 9.62 Å².